The smallest absolute Gasteiger partial charge is 0.319 e. The van der Waals surface area contributed by atoms with Gasteiger partial charge in [0.25, 0.3) is 0 Å². The molecule has 2 aliphatic rings. The van der Waals surface area contributed by atoms with E-state index in [2.05, 4.69) is 12.1 Å². The first-order chi connectivity index (χ1) is 16.4. The Kier molecular flexibility index (Phi) is 9.73. The van der Waals surface area contributed by atoms with Crippen molar-refractivity contribution in [1.82, 2.24) is 0 Å². The van der Waals surface area contributed by atoms with Gasteiger partial charge < -0.3 is 4.74 Å². The highest BCUT2D eigenvalue weighted by atomic mass is 35.5. The summed E-state index contributed by atoms with van der Waals surface area (Å²) in [5.74, 6) is 1.32. The molecular formula is C28H32Cl2O4. The van der Waals surface area contributed by atoms with Crippen LogP contribution in [0.4, 0.5) is 0 Å². The van der Waals surface area contributed by atoms with E-state index >= 15 is 0 Å². The molecule has 0 saturated heterocycles. The van der Waals surface area contributed by atoms with Crippen LogP contribution in [0.2, 0.25) is 0 Å². The Hall–Kier alpha value is -2.17. The Morgan fingerprint density at radius 2 is 1.44 bits per heavy atom. The van der Waals surface area contributed by atoms with Crippen molar-refractivity contribution in [3.63, 3.8) is 0 Å². The third kappa shape index (κ3) is 6.49. The molecule has 2 aliphatic carbocycles. The van der Waals surface area contributed by atoms with Crippen LogP contribution >= 0.6 is 23.2 Å². The number of rotatable bonds is 7. The molecule has 0 radical (unpaired) electrons. The molecule has 0 amide bonds. The maximum Gasteiger partial charge on any atom is 0.319 e. The minimum atomic E-state index is -0.975. The van der Waals surface area contributed by atoms with Crippen molar-refractivity contribution >= 4 is 40.7 Å². The molecule has 2 fully saturated rings. The Labute approximate surface area is 212 Å². The predicted octanol–water partition coefficient (Wildman–Crippen LogP) is 6.22. The van der Waals surface area contributed by atoms with Crippen LogP contribution in [0.3, 0.4) is 0 Å². The zero-order valence-electron chi connectivity index (χ0n) is 19.7. The van der Waals surface area contributed by atoms with Crippen LogP contribution < -0.4 is 0 Å². The van der Waals surface area contributed by atoms with Gasteiger partial charge in [0.1, 0.15) is 11.2 Å². The van der Waals surface area contributed by atoms with Crippen LogP contribution in [0.5, 0.6) is 0 Å². The van der Waals surface area contributed by atoms with Gasteiger partial charge >= 0.3 is 5.97 Å². The molecule has 0 aliphatic heterocycles. The molecule has 6 heteroatoms. The number of halogens is 2. The molecule has 182 valence electrons. The average molecular weight is 503 g/mol. The minimum absolute atomic E-state index is 0.000713. The van der Waals surface area contributed by atoms with E-state index in [1.807, 2.05) is 36.4 Å². The minimum Gasteiger partial charge on any atom is -0.468 e. The van der Waals surface area contributed by atoms with Crippen molar-refractivity contribution in [3.05, 3.63) is 70.8 Å². The first kappa shape index (κ1) is 26.4. The number of hydrogen-bond acceptors (Lipinski definition) is 4. The number of hydrogen-bond donors (Lipinski definition) is 0. The monoisotopic (exact) mass is 502 g/mol. The lowest BCUT2D eigenvalue weighted by Gasteiger charge is -2.24. The molecule has 0 N–H and O–H groups in total. The number of Topliss-reactive ketones (excluding diaryl/α,β-unsaturated/α-hetero) is 2. The molecule has 0 heterocycles. The first-order valence-corrected chi connectivity index (χ1v) is 12.9. The van der Waals surface area contributed by atoms with Gasteiger partial charge in [-0.25, -0.2) is 0 Å². The summed E-state index contributed by atoms with van der Waals surface area (Å²) in [6.07, 6.45) is 6.05. The van der Waals surface area contributed by atoms with Crippen LogP contribution in [0.15, 0.2) is 48.5 Å². The fourth-order valence-corrected chi connectivity index (χ4v) is 5.20. The largest absolute Gasteiger partial charge is 0.468 e. The van der Waals surface area contributed by atoms with E-state index in [0.717, 1.165) is 48.8 Å². The normalized spacial score (nSPS) is 21.8. The average Bonchev–Trinajstić information content (AvgIpc) is 3.45. The molecule has 2 aromatic carbocycles. The predicted molar refractivity (Wildman–Crippen MR) is 135 cm³/mol. The van der Waals surface area contributed by atoms with Gasteiger partial charge in [0.15, 0.2) is 5.78 Å². The van der Waals surface area contributed by atoms with E-state index in [0.29, 0.717) is 36.8 Å². The van der Waals surface area contributed by atoms with Gasteiger partial charge in [-0.05, 0) is 60.8 Å². The number of methoxy groups -OCH3 is 1. The summed E-state index contributed by atoms with van der Waals surface area (Å²) in [4.78, 5) is 35.6. The molecule has 2 atom stereocenters. The Balaban J connectivity index is 0.000000196. The fraction of sp³-hybridized carbons (Fsp3) is 0.464. The lowest BCUT2D eigenvalue weighted by Crippen LogP contribution is -2.38. The molecular weight excluding hydrogens is 471 g/mol. The number of carbonyl (C=O) groups excluding carboxylic acids is 3. The Morgan fingerprint density at radius 3 is 1.88 bits per heavy atom. The van der Waals surface area contributed by atoms with Crippen molar-refractivity contribution in [3.8, 4) is 0 Å². The van der Waals surface area contributed by atoms with E-state index in [1.54, 1.807) is 0 Å². The number of alkyl halides is 2. The van der Waals surface area contributed by atoms with Gasteiger partial charge in [-0.3, -0.25) is 14.4 Å². The number of benzene rings is 2. The topological polar surface area (TPSA) is 60.4 Å². The maximum atomic E-state index is 12.1. The Morgan fingerprint density at radius 1 is 0.882 bits per heavy atom. The van der Waals surface area contributed by atoms with Gasteiger partial charge in [0, 0.05) is 30.5 Å². The summed E-state index contributed by atoms with van der Waals surface area (Å²) in [6.45, 7) is 0. The summed E-state index contributed by atoms with van der Waals surface area (Å²) in [7, 11) is 1.34. The van der Waals surface area contributed by atoms with Crippen LogP contribution in [0.1, 0.15) is 60.8 Å². The van der Waals surface area contributed by atoms with Gasteiger partial charge in [0.05, 0.1) is 7.11 Å². The third-order valence-electron chi connectivity index (χ3n) is 6.89. The molecule has 4 rings (SSSR count). The summed E-state index contributed by atoms with van der Waals surface area (Å²) in [5.41, 5.74) is 3.41. The third-order valence-corrected chi connectivity index (χ3v) is 7.51. The highest BCUT2D eigenvalue weighted by Crippen LogP contribution is 2.39. The van der Waals surface area contributed by atoms with Gasteiger partial charge in [-0.15, -0.1) is 23.2 Å². The van der Waals surface area contributed by atoms with E-state index in [9.17, 15) is 14.4 Å². The van der Waals surface area contributed by atoms with Crippen LogP contribution in [-0.2, 0) is 43.7 Å². The van der Waals surface area contributed by atoms with Crippen molar-refractivity contribution in [2.75, 3.05) is 7.11 Å². The van der Waals surface area contributed by atoms with Gasteiger partial charge in [0.2, 0.25) is 0 Å². The van der Waals surface area contributed by atoms with Gasteiger partial charge in [-0.1, -0.05) is 48.5 Å². The van der Waals surface area contributed by atoms with Crippen molar-refractivity contribution in [2.24, 2.45) is 11.3 Å². The SMILES string of the molecule is COC(=O)C1(Cc2ccc(CCl)cc2)CCCC1=O.O=C1CCCC1Cc1ccc(CCl)cc1. The summed E-state index contributed by atoms with van der Waals surface area (Å²) < 4.78 is 4.84. The summed E-state index contributed by atoms with van der Waals surface area (Å²) in [6, 6.07) is 16.0. The highest BCUT2D eigenvalue weighted by Gasteiger charge is 2.49. The standard InChI is InChI=1S/C15H17ClO3.C13H15ClO/c1-19-14(18)15(8-2-3-13(15)17)9-11-4-6-12(10-16)7-5-11;14-9-11-6-4-10(5-7-11)8-12-2-1-3-13(12)15/h4-7H,2-3,8-10H2,1H3;4-7,12H,1-3,8-9H2. The first-order valence-electron chi connectivity index (χ1n) is 11.8. The zero-order valence-corrected chi connectivity index (χ0v) is 21.2. The molecule has 2 unspecified atom stereocenters. The van der Waals surface area contributed by atoms with Crippen LogP contribution in [0.25, 0.3) is 0 Å². The number of ketones is 2. The number of esters is 1. The quantitative estimate of drug-likeness (QED) is 0.256. The van der Waals surface area contributed by atoms with Crippen molar-refractivity contribution in [2.45, 2.75) is 63.1 Å². The van der Waals surface area contributed by atoms with Crippen LogP contribution in [0, 0.1) is 11.3 Å². The van der Waals surface area contributed by atoms with Crippen molar-refractivity contribution in [1.29, 1.82) is 0 Å². The zero-order chi connectivity index (χ0) is 24.6. The number of ether oxygens (including phenoxy) is 1. The summed E-state index contributed by atoms with van der Waals surface area (Å²) >= 11 is 11.5. The van der Waals surface area contributed by atoms with Crippen molar-refractivity contribution < 1.29 is 19.1 Å². The molecule has 0 bridgehead atoms. The maximum absolute atomic E-state index is 12.1. The molecule has 2 saturated carbocycles. The number of carbonyl (C=O) groups is 3. The second kappa shape index (κ2) is 12.5. The fourth-order valence-electron chi connectivity index (χ4n) is 4.85. The molecule has 34 heavy (non-hydrogen) atoms. The van der Waals surface area contributed by atoms with E-state index in [1.165, 1.54) is 12.7 Å². The Bertz CT molecular complexity index is 984. The van der Waals surface area contributed by atoms with E-state index < -0.39 is 11.4 Å². The lowest BCUT2D eigenvalue weighted by molar-refractivity contribution is -0.156. The van der Waals surface area contributed by atoms with E-state index in [-0.39, 0.29) is 11.7 Å². The van der Waals surface area contributed by atoms with Crippen LogP contribution in [-0.4, -0.2) is 24.6 Å². The molecule has 4 nitrogen and oxygen atoms in total. The highest BCUT2D eigenvalue weighted by molar-refractivity contribution is 6.17. The molecule has 0 aromatic heterocycles. The molecule has 2 aromatic rings. The summed E-state index contributed by atoms with van der Waals surface area (Å²) in [5, 5.41) is 0. The second-order valence-electron chi connectivity index (χ2n) is 9.19. The molecule has 0 spiro atoms. The van der Waals surface area contributed by atoms with Gasteiger partial charge in [-0.2, -0.15) is 0 Å². The second-order valence-corrected chi connectivity index (χ2v) is 9.72. The van der Waals surface area contributed by atoms with E-state index in [4.69, 9.17) is 27.9 Å². The lowest BCUT2D eigenvalue weighted by atomic mass is 9.79.